The lowest BCUT2D eigenvalue weighted by molar-refractivity contribution is 0.173. The monoisotopic (exact) mass is 367 g/mol. The maximum atomic E-state index is 4.32. The molecule has 0 saturated carbocycles. The fourth-order valence-electron chi connectivity index (χ4n) is 2.27. The van der Waals surface area contributed by atoms with Gasteiger partial charge in [0.05, 0.1) is 0 Å². The lowest BCUT2D eigenvalue weighted by atomic mass is 10.0. The summed E-state index contributed by atoms with van der Waals surface area (Å²) in [6, 6.07) is 4.53. The molecule has 0 bridgehead atoms. The SMILES string of the molecule is C=CC[C@H](c1cccnc1Br)N1CCNCC1.Cl.Cl. The third-order valence-electron chi connectivity index (χ3n) is 3.13. The second-order valence-corrected chi connectivity index (χ2v) is 4.96. The summed E-state index contributed by atoms with van der Waals surface area (Å²) in [4.78, 5) is 6.82. The standard InChI is InChI=1S/C13H18BrN3.2ClH/c1-2-4-12(17-9-7-15-8-10-17)11-5-3-6-16-13(11)14;;/h2-3,5-6,12,15H,1,4,7-10H2;2*1H/t12-;;/m1../s1. The van der Waals surface area contributed by atoms with Crippen molar-refractivity contribution in [2.24, 2.45) is 0 Å². The van der Waals surface area contributed by atoms with Crippen molar-refractivity contribution in [3.8, 4) is 0 Å². The van der Waals surface area contributed by atoms with Gasteiger partial charge in [0.15, 0.2) is 0 Å². The van der Waals surface area contributed by atoms with Crippen molar-refractivity contribution >= 4 is 40.7 Å². The van der Waals surface area contributed by atoms with E-state index in [-0.39, 0.29) is 24.8 Å². The van der Waals surface area contributed by atoms with E-state index in [0.717, 1.165) is 37.2 Å². The van der Waals surface area contributed by atoms with Crippen LogP contribution in [0.5, 0.6) is 0 Å². The van der Waals surface area contributed by atoms with Gasteiger partial charge >= 0.3 is 0 Å². The first-order valence-corrected chi connectivity index (χ1v) is 6.78. The topological polar surface area (TPSA) is 28.2 Å². The predicted molar refractivity (Wildman–Crippen MR) is 88.4 cm³/mol. The minimum Gasteiger partial charge on any atom is -0.314 e. The smallest absolute Gasteiger partial charge is 0.110 e. The first kappa shape index (κ1) is 18.9. The van der Waals surface area contributed by atoms with Gasteiger partial charge in [-0.25, -0.2) is 4.98 Å². The van der Waals surface area contributed by atoms with Crippen molar-refractivity contribution in [2.45, 2.75) is 12.5 Å². The largest absolute Gasteiger partial charge is 0.314 e. The maximum absolute atomic E-state index is 4.32. The van der Waals surface area contributed by atoms with Gasteiger partial charge in [0.2, 0.25) is 0 Å². The molecule has 2 rings (SSSR count). The molecule has 6 heteroatoms. The quantitative estimate of drug-likeness (QED) is 0.653. The highest BCUT2D eigenvalue weighted by Gasteiger charge is 2.22. The summed E-state index contributed by atoms with van der Waals surface area (Å²) < 4.78 is 0.949. The van der Waals surface area contributed by atoms with Gasteiger partial charge in [-0.3, -0.25) is 4.90 Å². The Morgan fingerprint density at radius 3 is 2.68 bits per heavy atom. The Bertz CT molecular complexity index is 384. The second kappa shape index (κ2) is 9.72. The molecular formula is C13H20BrCl2N3. The molecule has 0 aromatic carbocycles. The van der Waals surface area contributed by atoms with Crippen LogP contribution in [-0.4, -0.2) is 36.1 Å². The zero-order chi connectivity index (χ0) is 12.1. The molecule has 1 N–H and O–H groups in total. The molecule has 2 heterocycles. The molecule has 1 aliphatic heterocycles. The molecule has 19 heavy (non-hydrogen) atoms. The van der Waals surface area contributed by atoms with Crippen LogP contribution >= 0.6 is 40.7 Å². The van der Waals surface area contributed by atoms with E-state index in [2.05, 4.69) is 43.8 Å². The average Bonchev–Trinajstić information content (AvgIpc) is 2.38. The molecule has 108 valence electrons. The van der Waals surface area contributed by atoms with Crippen LogP contribution in [0.4, 0.5) is 0 Å². The summed E-state index contributed by atoms with van der Waals surface area (Å²) in [5, 5.41) is 3.38. The van der Waals surface area contributed by atoms with E-state index in [1.165, 1.54) is 5.56 Å². The molecule has 1 aliphatic rings. The Morgan fingerprint density at radius 1 is 1.42 bits per heavy atom. The molecule has 1 atom stereocenters. The number of halogens is 3. The van der Waals surface area contributed by atoms with Crippen LogP contribution in [0.2, 0.25) is 0 Å². The summed E-state index contributed by atoms with van der Waals surface area (Å²) >= 11 is 3.55. The molecular weight excluding hydrogens is 349 g/mol. The van der Waals surface area contributed by atoms with Crippen LogP contribution in [0, 0.1) is 0 Å². The zero-order valence-corrected chi connectivity index (χ0v) is 13.9. The summed E-state index contributed by atoms with van der Waals surface area (Å²) in [5.41, 5.74) is 1.26. The second-order valence-electron chi connectivity index (χ2n) is 4.21. The molecule has 3 nitrogen and oxygen atoms in total. The minimum atomic E-state index is 0. The summed E-state index contributed by atoms with van der Waals surface area (Å²) in [5.74, 6) is 0. The number of hydrogen-bond acceptors (Lipinski definition) is 3. The highest BCUT2D eigenvalue weighted by Crippen LogP contribution is 2.29. The predicted octanol–water partition coefficient (Wildman–Crippen LogP) is 3.21. The van der Waals surface area contributed by atoms with Crippen LogP contribution in [0.25, 0.3) is 0 Å². The van der Waals surface area contributed by atoms with Gasteiger partial charge in [0.25, 0.3) is 0 Å². The van der Waals surface area contributed by atoms with Gasteiger partial charge in [-0.2, -0.15) is 0 Å². The average molecular weight is 369 g/mol. The first-order valence-electron chi connectivity index (χ1n) is 5.99. The highest BCUT2D eigenvalue weighted by molar-refractivity contribution is 9.10. The molecule has 1 aromatic heterocycles. The van der Waals surface area contributed by atoms with Gasteiger partial charge in [0.1, 0.15) is 4.60 Å². The molecule has 1 saturated heterocycles. The number of hydrogen-bond donors (Lipinski definition) is 1. The summed E-state index contributed by atoms with van der Waals surface area (Å²) in [6.07, 6.45) is 4.77. The van der Waals surface area contributed by atoms with E-state index in [0.29, 0.717) is 6.04 Å². The van der Waals surface area contributed by atoms with E-state index in [9.17, 15) is 0 Å². The number of pyridine rings is 1. The molecule has 0 unspecified atom stereocenters. The molecule has 0 radical (unpaired) electrons. The maximum Gasteiger partial charge on any atom is 0.110 e. The van der Waals surface area contributed by atoms with E-state index in [4.69, 9.17) is 0 Å². The van der Waals surface area contributed by atoms with Crippen molar-refractivity contribution in [2.75, 3.05) is 26.2 Å². The Morgan fingerprint density at radius 2 is 2.11 bits per heavy atom. The minimum absolute atomic E-state index is 0. The molecule has 0 spiro atoms. The van der Waals surface area contributed by atoms with Crippen molar-refractivity contribution in [3.63, 3.8) is 0 Å². The number of piperazine rings is 1. The Labute approximate surface area is 135 Å². The van der Waals surface area contributed by atoms with Crippen molar-refractivity contribution in [1.82, 2.24) is 15.2 Å². The normalized spacial score (nSPS) is 16.9. The molecule has 1 aromatic rings. The highest BCUT2D eigenvalue weighted by atomic mass is 79.9. The van der Waals surface area contributed by atoms with Gasteiger partial charge in [-0.05, 0) is 28.4 Å². The Balaban J connectivity index is 0.00000162. The number of rotatable bonds is 4. The third kappa shape index (κ3) is 5.04. The van der Waals surface area contributed by atoms with Gasteiger partial charge in [-0.15, -0.1) is 31.4 Å². The zero-order valence-electron chi connectivity index (χ0n) is 10.7. The van der Waals surface area contributed by atoms with Gasteiger partial charge in [-0.1, -0.05) is 12.1 Å². The van der Waals surface area contributed by atoms with E-state index < -0.39 is 0 Å². The van der Waals surface area contributed by atoms with Gasteiger partial charge < -0.3 is 5.32 Å². The number of nitrogens with zero attached hydrogens (tertiary/aromatic N) is 2. The van der Waals surface area contributed by atoms with Gasteiger partial charge in [0, 0.05) is 44.0 Å². The van der Waals surface area contributed by atoms with Crippen LogP contribution < -0.4 is 5.32 Å². The van der Waals surface area contributed by atoms with Crippen LogP contribution in [0.15, 0.2) is 35.6 Å². The molecule has 0 aliphatic carbocycles. The Hall–Kier alpha value is -0.130. The van der Waals surface area contributed by atoms with Crippen molar-refractivity contribution in [1.29, 1.82) is 0 Å². The molecule has 1 fully saturated rings. The van der Waals surface area contributed by atoms with Crippen LogP contribution in [-0.2, 0) is 0 Å². The number of nitrogens with one attached hydrogen (secondary N) is 1. The number of aromatic nitrogens is 1. The lowest BCUT2D eigenvalue weighted by Crippen LogP contribution is -2.45. The molecule has 0 amide bonds. The fraction of sp³-hybridized carbons (Fsp3) is 0.462. The van der Waals surface area contributed by atoms with Crippen LogP contribution in [0.3, 0.4) is 0 Å². The van der Waals surface area contributed by atoms with Crippen molar-refractivity contribution < 1.29 is 0 Å². The summed E-state index contributed by atoms with van der Waals surface area (Å²) in [7, 11) is 0. The first-order chi connectivity index (χ1) is 8.33. The van der Waals surface area contributed by atoms with E-state index >= 15 is 0 Å². The van der Waals surface area contributed by atoms with Crippen LogP contribution in [0.1, 0.15) is 18.0 Å². The Kier molecular flexibility index (Phi) is 9.66. The fourth-order valence-corrected chi connectivity index (χ4v) is 2.79. The lowest BCUT2D eigenvalue weighted by Gasteiger charge is -2.35. The van der Waals surface area contributed by atoms with E-state index in [1.54, 1.807) is 0 Å². The van der Waals surface area contributed by atoms with E-state index in [1.807, 2.05) is 18.3 Å². The third-order valence-corrected chi connectivity index (χ3v) is 3.79. The van der Waals surface area contributed by atoms with Crippen molar-refractivity contribution in [3.05, 3.63) is 41.2 Å². The summed E-state index contributed by atoms with van der Waals surface area (Å²) in [6.45, 7) is 8.16.